The Morgan fingerprint density at radius 3 is 2.61 bits per heavy atom. The fourth-order valence-corrected chi connectivity index (χ4v) is 3.41. The third-order valence-electron chi connectivity index (χ3n) is 2.75. The molecular formula is C14H15BrFNS. The van der Waals surface area contributed by atoms with Gasteiger partial charge in [-0.25, -0.2) is 4.39 Å². The van der Waals surface area contributed by atoms with Gasteiger partial charge in [0.05, 0.1) is 0 Å². The monoisotopic (exact) mass is 327 g/mol. The summed E-state index contributed by atoms with van der Waals surface area (Å²) in [5.74, 6) is -0.187. The van der Waals surface area contributed by atoms with E-state index < -0.39 is 0 Å². The molecule has 0 aliphatic rings. The topological polar surface area (TPSA) is 12.0 Å². The number of hydrogen-bond donors (Lipinski definition) is 1. The molecule has 1 aromatic carbocycles. The van der Waals surface area contributed by atoms with Gasteiger partial charge < -0.3 is 5.32 Å². The van der Waals surface area contributed by atoms with Crippen LogP contribution in [0.1, 0.15) is 23.4 Å². The van der Waals surface area contributed by atoms with Gasteiger partial charge in [0.1, 0.15) is 5.82 Å². The van der Waals surface area contributed by atoms with Gasteiger partial charge in [0.2, 0.25) is 0 Å². The van der Waals surface area contributed by atoms with Crippen LogP contribution in [0, 0.1) is 5.82 Å². The Kier molecular flexibility index (Phi) is 4.92. The number of hydrogen-bond acceptors (Lipinski definition) is 2. The SMILES string of the molecule is CCNC(Cc1cc(Br)cs1)c1ccc(F)cc1. The number of nitrogens with one attached hydrogen (secondary N) is 1. The second kappa shape index (κ2) is 6.45. The molecule has 1 aromatic heterocycles. The lowest BCUT2D eigenvalue weighted by molar-refractivity contribution is 0.550. The van der Waals surface area contributed by atoms with Crippen molar-refractivity contribution in [2.24, 2.45) is 0 Å². The summed E-state index contributed by atoms with van der Waals surface area (Å²) in [5, 5.41) is 5.53. The Bertz CT molecular complexity index is 495. The van der Waals surface area contributed by atoms with Crippen molar-refractivity contribution in [3.8, 4) is 0 Å². The summed E-state index contributed by atoms with van der Waals surface area (Å²) in [7, 11) is 0. The van der Waals surface area contributed by atoms with E-state index in [2.05, 4.69) is 39.6 Å². The quantitative estimate of drug-likeness (QED) is 0.849. The van der Waals surface area contributed by atoms with Gasteiger partial charge in [0, 0.05) is 27.2 Å². The van der Waals surface area contributed by atoms with Gasteiger partial charge in [-0.1, -0.05) is 19.1 Å². The highest BCUT2D eigenvalue weighted by Crippen LogP contribution is 2.25. The van der Waals surface area contributed by atoms with Crippen molar-refractivity contribution < 1.29 is 4.39 Å². The fraction of sp³-hybridized carbons (Fsp3) is 0.286. The summed E-state index contributed by atoms with van der Waals surface area (Å²) in [6.07, 6.45) is 0.926. The number of rotatable bonds is 5. The third kappa shape index (κ3) is 3.64. The Labute approximate surface area is 119 Å². The molecule has 0 bridgehead atoms. The molecule has 0 fully saturated rings. The maximum Gasteiger partial charge on any atom is 0.123 e. The zero-order valence-electron chi connectivity index (χ0n) is 10.1. The lowest BCUT2D eigenvalue weighted by Crippen LogP contribution is -2.22. The fourth-order valence-electron chi connectivity index (χ4n) is 1.91. The molecule has 2 rings (SSSR count). The molecular weight excluding hydrogens is 313 g/mol. The van der Waals surface area contributed by atoms with Crippen LogP contribution in [0.25, 0.3) is 0 Å². The zero-order chi connectivity index (χ0) is 13.0. The van der Waals surface area contributed by atoms with E-state index >= 15 is 0 Å². The van der Waals surface area contributed by atoms with Crippen LogP contribution in [0.5, 0.6) is 0 Å². The lowest BCUT2D eigenvalue weighted by Gasteiger charge is -2.17. The van der Waals surface area contributed by atoms with E-state index in [0.717, 1.165) is 23.0 Å². The van der Waals surface area contributed by atoms with Crippen molar-refractivity contribution in [1.29, 1.82) is 0 Å². The maximum absolute atomic E-state index is 12.9. The van der Waals surface area contributed by atoms with E-state index in [1.54, 1.807) is 11.3 Å². The van der Waals surface area contributed by atoms with Gasteiger partial charge in [-0.3, -0.25) is 0 Å². The van der Waals surface area contributed by atoms with Crippen LogP contribution in [0.3, 0.4) is 0 Å². The standard InChI is InChI=1S/C14H15BrFNS/c1-2-17-14(8-13-7-11(15)9-18-13)10-3-5-12(16)6-4-10/h3-7,9,14,17H,2,8H2,1H3. The van der Waals surface area contributed by atoms with Gasteiger partial charge in [-0.15, -0.1) is 11.3 Å². The van der Waals surface area contributed by atoms with E-state index in [9.17, 15) is 4.39 Å². The second-order valence-electron chi connectivity index (χ2n) is 4.10. The average molecular weight is 328 g/mol. The summed E-state index contributed by atoms with van der Waals surface area (Å²) in [4.78, 5) is 1.32. The van der Waals surface area contributed by atoms with Crippen molar-refractivity contribution in [3.63, 3.8) is 0 Å². The summed E-state index contributed by atoms with van der Waals surface area (Å²) in [5.41, 5.74) is 1.13. The second-order valence-corrected chi connectivity index (χ2v) is 6.01. The van der Waals surface area contributed by atoms with Crippen LogP contribution >= 0.6 is 27.3 Å². The van der Waals surface area contributed by atoms with Crippen LogP contribution < -0.4 is 5.32 Å². The normalized spacial score (nSPS) is 12.6. The zero-order valence-corrected chi connectivity index (χ0v) is 12.5. The minimum absolute atomic E-state index is 0.187. The molecule has 0 aliphatic heterocycles. The molecule has 1 unspecified atom stereocenters. The molecule has 0 saturated carbocycles. The molecule has 1 N–H and O–H groups in total. The Hall–Kier alpha value is -0.710. The molecule has 18 heavy (non-hydrogen) atoms. The Morgan fingerprint density at radius 2 is 2.06 bits per heavy atom. The summed E-state index contributed by atoms with van der Waals surface area (Å²) < 4.78 is 14.1. The van der Waals surface area contributed by atoms with Gasteiger partial charge in [0.25, 0.3) is 0 Å². The van der Waals surface area contributed by atoms with Crippen LogP contribution in [0.4, 0.5) is 4.39 Å². The Balaban J connectivity index is 2.14. The molecule has 1 atom stereocenters. The van der Waals surface area contributed by atoms with Crippen LogP contribution in [0.2, 0.25) is 0 Å². The molecule has 4 heteroatoms. The minimum Gasteiger partial charge on any atom is -0.310 e. The van der Waals surface area contributed by atoms with Crippen molar-refractivity contribution in [1.82, 2.24) is 5.32 Å². The molecule has 2 aromatic rings. The average Bonchev–Trinajstić information content (AvgIpc) is 2.75. The first-order valence-corrected chi connectivity index (χ1v) is 7.58. The van der Waals surface area contributed by atoms with Crippen molar-refractivity contribution in [2.75, 3.05) is 6.54 Å². The van der Waals surface area contributed by atoms with Crippen molar-refractivity contribution in [3.05, 3.63) is 56.4 Å². The first-order chi connectivity index (χ1) is 8.69. The van der Waals surface area contributed by atoms with E-state index in [-0.39, 0.29) is 11.9 Å². The summed E-state index contributed by atoms with van der Waals surface area (Å²) in [6, 6.07) is 9.12. The van der Waals surface area contributed by atoms with Crippen molar-refractivity contribution >= 4 is 27.3 Å². The molecule has 0 aliphatic carbocycles. The largest absolute Gasteiger partial charge is 0.310 e. The summed E-state index contributed by atoms with van der Waals surface area (Å²) >= 11 is 5.21. The molecule has 96 valence electrons. The Morgan fingerprint density at radius 1 is 1.33 bits per heavy atom. The summed E-state index contributed by atoms with van der Waals surface area (Å²) in [6.45, 7) is 2.98. The molecule has 0 spiro atoms. The predicted molar refractivity (Wildman–Crippen MR) is 78.5 cm³/mol. The van der Waals surface area contributed by atoms with E-state index in [4.69, 9.17) is 0 Å². The molecule has 0 amide bonds. The molecule has 1 heterocycles. The van der Waals surface area contributed by atoms with Gasteiger partial charge in [-0.2, -0.15) is 0 Å². The smallest absolute Gasteiger partial charge is 0.123 e. The van der Waals surface area contributed by atoms with Crippen LogP contribution in [-0.2, 0) is 6.42 Å². The first kappa shape index (κ1) is 13.7. The van der Waals surface area contributed by atoms with Crippen molar-refractivity contribution in [2.45, 2.75) is 19.4 Å². The van der Waals surface area contributed by atoms with Crippen LogP contribution in [0.15, 0.2) is 40.2 Å². The highest BCUT2D eigenvalue weighted by Gasteiger charge is 2.12. The number of halogens is 2. The first-order valence-electron chi connectivity index (χ1n) is 5.90. The van der Waals surface area contributed by atoms with E-state index in [1.807, 2.05) is 12.1 Å². The lowest BCUT2D eigenvalue weighted by atomic mass is 10.0. The van der Waals surface area contributed by atoms with E-state index in [0.29, 0.717) is 0 Å². The highest BCUT2D eigenvalue weighted by molar-refractivity contribution is 9.10. The number of benzene rings is 1. The predicted octanol–water partition coefficient (Wildman–Crippen LogP) is 4.54. The highest BCUT2D eigenvalue weighted by atomic mass is 79.9. The maximum atomic E-state index is 12.9. The van der Waals surface area contributed by atoms with Crippen LogP contribution in [-0.4, -0.2) is 6.54 Å². The third-order valence-corrected chi connectivity index (χ3v) is 4.47. The van der Waals surface area contributed by atoms with E-state index in [1.165, 1.54) is 17.0 Å². The van der Waals surface area contributed by atoms with Gasteiger partial charge in [0.15, 0.2) is 0 Å². The molecule has 0 saturated heterocycles. The molecule has 0 radical (unpaired) electrons. The van der Waals surface area contributed by atoms with Gasteiger partial charge in [-0.05, 0) is 46.2 Å². The van der Waals surface area contributed by atoms with Gasteiger partial charge >= 0.3 is 0 Å². The number of thiophene rings is 1. The molecule has 1 nitrogen and oxygen atoms in total. The minimum atomic E-state index is -0.187. The number of likely N-dealkylation sites (N-methyl/N-ethyl adjacent to an activating group) is 1.